The summed E-state index contributed by atoms with van der Waals surface area (Å²) in [7, 11) is -0.400. The highest BCUT2D eigenvalue weighted by Gasteiger charge is 2.52. The van der Waals surface area contributed by atoms with Gasteiger partial charge in [-0.15, -0.1) is 0 Å². The Morgan fingerprint density at radius 3 is 2.32 bits per heavy atom. The van der Waals surface area contributed by atoms with Crippen LogP contribution in [0.2, 0.25) is 0 Å². The van der Waals surface area contributed by atoms with E-state index in [1.807, 2.05) is 52.8 Å². The quantitative estimate of drug-likeness (QED) is 0.873. The molecule has 3 rings (SSSR count). The predicted molar refractivity (Wildman–Crippen MR) is 88.2 cm³/mol. The summed E-state index contributed by atoms with van der Waals surface area (Å²) in [5, 5.41) is 2.99. The summed E-state index contributed by atoms with van der Waals surface area (Å²) in [4.78, 5) is 11.9. The number of carbonyl (C=O) groups is 1. The number of carbonyl (C=O) groups excluding carboxylic acids is 1. The van der Waals surface area contributed by atoms with E-state index in [9.17, 15) is 4.79 Å². The van der Waals surface area contributed by atoms with Crippen LogP contribution in [-0.2, 0) is 14.1 Å². The van der Waals surface area contributed by atoms with E-state index in [0.29, 0.717) is 0 Å². The Balaban J connectivity index is 1.83. The van der Waals surface area contributed by atoms with Gasteiger partial charge in [-0.3, -0.25) is 4.79 Å². The molecule has 0 bridgehead atoms. The molecule has 1 aromatic rings. The van der Waals surface area contributed by atoms with Crippen molar-refractivity contribution in [3.8, 4) is 0 Å². The Morgan fingerprint density at radius 2 is 1.77 bits per heavy atom. The smallest absolute Gasteiger partial charge is 0.399 e. The van der Waals surface area contributed by atoms with Crippen molar-refractivity contribution >= 4 is 24.2 Å². The molecule has 4 nitrogen and oxygen atoms in total. The Labute approximate surface area is 132 Å². The van der Waals surface area contributed by atoms with Crippen LogP contribution in [-0.4, -0.2) is 24.2 Å². The number of anilines is 1. The zero-order valence-electron chi connectivity index (χ0n) is 14.0. The van der Waals surface area contributed by atoms with Crippen LogP contribution in [0.5, 0.6) is 0 Å². The van der Waals surface area contributed by atoms with Crippen LogP contribution in [0.3, 0.4) is 0 Å². The molecule has 1 aromatic carbocycles. The maximum Gasteiger partial charge on any atom is 0.495 e. The second-order valence-corrected chi connectivity index (χ2v) is 7.42. The summed E-state index contributed by atoms with van der Waals surface area (Å²) in [5.41, 5.74) is 2.16. The van der Waals surface area contributed by atoms with Gasteiger partial charge in [0.25, 0.3) is 0 Å². The molecule has 1 heterocycles. The van der Waals surface area contributed by atoms with Gasteiger partial charge in [0.2, 0.25) is 5.91 Å². The number of hydrogen-bond acceptors (Lipinski definition) is 3. The molecule has 1 aliphatic carbocycles. The largest absolute Gasteiger partial charge is 0.495 e. The van der Waals surface area contributed by atoms with Gasteiger partial charge in [-0.1, -0.05) is 11.6 Å². The second-order valence-electron chi connectivity index (χ2n) is 7.42. The van der Waals surface area contributed by atoms with Crippen LogP contribution in [0.4, 0.5) is 5.69 Å². The summed E-state index contributed by atoms with van der Waals surface area (Å²) in [6.45, 7) is 10.2. The van der Waals surface area contributed by atoms with E-state index in [4.69, 9.17) is 9.31 Å². The molecule has 1 amide bonds. The molecule has 0 radical (unpaired) electrons. The number of amides is 1. The van der Waals surface area contributed by atoms with Gasteiger partial charge in [0.1, 0.15) is 0 Å². The lowest BCUT2D eigenvalue weighted by atomic mass is 9.76. The third-order valence-corrected chi connectivity index (χ3v) is 5.00. The summed E-state index contributed by atoms with van der Waals surface area (Å²) >= 11 is 0. The van der Waals surface area contributed by atoms with Crippen molar-refractivity contribution in [2.24, 2.45) is 5.92 Å². The van der Waals surface area contributed by atoms with Crippen molar-refractivity contribution in [2.45, 2.75) is 58.7 Å². The normalized spacial score (nSPS) is 22.7. The van der Waals surface area contributed by atoms with E-state index in [1.165, 1.54) is 0 Å². The Hall–Kier alpha value is -1.33. The van der Waals surface area contributed by atoms with Crippen LogP contribution >= 0.6 is 0 Å². The predicted octanol–water partition coefficient (Wildman–Crippen LogP) is 2.64. The molecule has 118 valence electrons. The molecule has 2 fully saturated rings. The van der Waals surface area contributed by atoms with Crippen LogP contribution < -0.4 is 10.8 Å². The zero-order valence-corrected chi connectivity index (χ0v) is 14.0. The lowest BCUT2D eigenvalue weighted by Crippen LogP contribution is -2.41. The van der Waals surface area contributed by atoms with Crippen molar-refractivity contribution in [3.05, 3.63) is 23.8 Å². The van der Waals surface area contributed by atoms with E-state index in [2.05, 4.69) is 5.32 Å². The lowest BCUT2D eigenvalue weighted by Gasteiger charge is -2.32. The highest BCUT2D eigenvalue weighted by Crippen LogP contribution is 2.37. The van der Waals surface area contributed by atoms with E-state index in [-0.39, 0.29) is 23.0 Å². The molecule has 1 N–H and O–H groups in total. The van der Waals surface area contributed by atoms with Gasteiger partial charge in [-0.25, -0.2) is 0 Å². The SMILES string of the molecule is Cc1ccc(NC(=O)C2CC2)cc1B1OC(C)(C)C(C)(C)O1. The third-order valence-electron chi connectivity index (χ3n) is 5.00. The van der Waals surface area contributed by atoms with Gasteiger partial charge >= 0.3 is 7.12 Å². The highest BCUT2D eigenvalue weighted by molar-refractivity contribution is 6.62. The fourth-order valence-electron chi connectivity index (χ4n) is 2.53. The average Bonchev–Trinajstić information content (AvgIpc) is 3.20. The van der Waals surface area contributed by atoms with E-state index >= 15 is 0 Å². The Kier molecular flexibility index (Phi) is 3.61. The standard InChI is InChI=1S/C17H24BNO3/c1-11-6-9-13(19-15(20)12-7-8-12)10-14(11)18-21-16(2,3)17(4,5)22-18/h6,9-10,12H,7-8H2,1-5H3,(H,19,20). The molecule has 0 atom stereocenters. The fourth-order valence-corrected chi connectivity index (χ4v) is 2.53. The van der Waals surface area contributed by atoms with Gasteiger partial charge in [-0.05, 0) is 65.1 Å². The molecule has 22 heavy (non-hydrogen) atoms. The van der Waals surface area contributed by atoms with Gasteiger partial charge < -0.3 is 14.6 Å². The first kappa shape index (κ1) is 15.6. The molecule has 2 aliphatic rings. The minimum atomic E-state index is -0.400. The van der Waals surface area contributed by atoms with Crippen LogP contribution in [0, 0.1) is 12.8 Å². The topological polar surface area (TPSA) is 47.6 Å². The van der Waals surface area contributed by atoms with Crippen molar-refractivity contribution in [2.75, 3.05) is 5.32 Å². The Morgan fingerprint density at radius 1 is 1.18 bits per heavy atom. The average molecular weight is 301 g/mol. The molecule has 1 saturated carbocycles. The molecule has 5 heteroatoms. The lowest BCUT2D eigenvalue weighted by molar-refractivity contribution is -0.117. The van der Waals surface area contributed by atoms with Gasteiger partial charge in [0.15, 0.2) is 0 Å². The van der Waals surface area contributed by atoms with E-state index < -0.39 is 7.12 Å². The number of hydrogen-bond donors (Lipinski definition) is 1. The molecular formula is C17H24BNO3. The first-order valence-corrected chi connectivity index (χ1v) is 7.97. The molecule has 1 aliphatic heterocycles. The van der Waals surface area contributed by atoms with Crippen LogP contribution in [0.1, 0.15) is 46.1 Å². The van der Waals surface area contributed by atoms with Crippen LogP contribution in [0.15, 0.2) is 18.2 Å². The molecule has 0 unspecified atom stereocenters. The molecule has 1 saturated heterocycles. The third kappa shape index (κ3) is 2.80. The van der Waals surface area contributed by atoms with Crippen molar-refractivity contribution in [3.63, 3.8) is 0 Å². The second kappa shape index (κ2) is 5.10. The number of nitrogens with one attached hydrogen (secondary N) is 1. The molecule has 0 spiro atoms. The highest BCUT2D eigenvalue weighted by atomic mass is 16.7. The monoisotopic (exact) mass is 301 g/mol. The van der Waals surface area contributed by atoms with Crippen molar-refractivity contribution < 1.29 is 14.1 Å². The number of rotatable bonds is 3. The van der Waals surface area contributed by atoms with Crippen LogP contribution in [0.25, 0.3) is 0 Å². The van der Waals surface area contributed by atoms with Crippen molar-refractivity contribution in [1.29, 1.82) is 0 Å². The first-order chi connectivity index (χ1) is 10.2. The summed E-state index contributed by atoms with van der Waals surface area (Å²) in [6, 6.07) is 5.91. The first-order valence-electron chi connectivity index (χ1n) is 7.97. The summed E-state index contributed by atoms with van der Waals surface area (Å²) in [6.07, 6.45) is 2.00. The van der Waals surface area contributed by atoms with Gasteiger partial charge in [0, 0.05) is 11.6 Å². The summed E-state index contributed by atoms with van der Waals surface area (Å²) < 4.78 is 12.2. The minimum absolute atomic E-state index is 0.115. The summed E-state index contributed by atoms with van der Waals surface area (Å²) in [5.74, 6) is 0.310. The minimum Gasteiger partial charge on any atom is -0.399 e. The van der Waals surface area contributed by atoms with E-state index in [1.54, 1.807) is 0 Å². The van der Waals surface area contributed by atoms with Gasteiger partial charge in [0.05, 0.1) is 11.2 Å². The maximum absolute atomic E-state index is 11.9. The maximum atomic E-state index is 11.9. The fraction of sp³-hybridized carbons (Fsp3) is 0.588. The molecule has 0 aromatic heterocycles. The van der Waals surface area contributed by atoms with Crippen molar-refractivity contribution in [1.82, 2.24) is 0 Å². The molecular weight excluding hydrogens is 277 g/mol. The Bertz CT molecular complexity index is 592. The van der Waals surface area contributed by atoms with E-state index in [0.717, 1.165) is 29.6 Å². The number of benzene rings is 1. The van der Waals surface area contributed by atoms with Gasteiger partial charge in [-0.2, -0.15) is 0 Å². The number of aryl methyl sites for hydroxylation is 1. The zero-order chi connectivity index (χ0) is 16.1.